The van der Waals surface area contributed by atoms with Crippen molar-refractivity contribution in [1.29, 1.82) is 0 Å². The third-order valence-electron chi connectivity index (χ3n) is 4.71. The number of fused-ring (bicyclic) bond motifs is 2. The summed E-state index contributed by atoms with van der Waals surface area (Å²) in [6.45, 7) is 7.48. The van der Waals surface area contributed by atoms with Crippen LogP contribution in [0.5, 0.6) is 0 Å². The van der Waals surface area contributed by atoms with Crippen molar-refractivity contribution >= 4 is 22.6 Å². The molecule has 28 heavy (non-hydrogen) atoms. The van der Waals surface area contributed by atoms with Crippen molar-refractivity contribution in [3.63, 3.8) is 0 Å². The number of aliphatic imine (C=N–C) groups is 1. The summed E-state index contributed by atoms with van der Waals surface area (Å²) in [4.78, 5) is 9.36. The average molecular weight is 375 g/mol. The van der Waals surface area contributed by atoms with Crippen molar-refractivity contribution in [2.45, 2.75) is 33.4 Å². The first kappa shape index (κ1) is 18.1. The lowest BCUT2D eigenvalue weighted by molar-refractivity contribution is 0.488. The molecule has 0 amide bonds. The van der Waals surface area contributed by atoms with Gasteiger partial charge in [0.2, 0.25) is 0 Å². The van der Waals surface area contributed by atoms with E-state index in [1.165, 1.54) is 0 Å². The zero-order valence-corrected chi connectivity index (χ0v) is 16.4. The first-order valence-corrected chi connectivity index (χ1v) is 9.61. The van der Waals surface area contributed by atoms with Crippen LogP contribution in [0.15, 0.2) is 64.1 Å². The van der Waals surface area contributed by atoms with Gasteiger partial charge in [-0.05, 0) is 45.0 Å². The number of nitrogens with zero attached hydrogens (tertiary/aromatic N) is 3. The van der Waals surface area contributed by atoms with Gasteiger partial charge >= 0.3 is 0 Å². The Hall–Kier alpha value is -3.28. The standard InChI is InChI=1S/C22H25N5O/c1-4-23-22(24-13-18-14-27-15(2)8-7-11-21(27)26-18)25-16(3)20-12-17-9-5-6-10-19(17)28-20/h5-12,14,16H,4,13H2,1-3H3,(H2,23,24,25). The van der Waals surface area contributed by atoms with Crippen LogP contribution in [0.1, 0.15) is 37.0 Å². The van der Waals surface area contributed by atoms with E-state index in [-0.39, 0.29) is 6.04 Å². The minimum absolute atomic E-state index is 0.00601. The molecule has 0 aliphatic rings. The van der Waals surface area contributed by atoms with E-state index >= 15 is 0 Å². The summed E-state index contributed by atoms with van der Waals surface area (Å²) < 4.78 is 8.05. The first-order chi connectivity index (χ1) is 13.6. The SMILES string of the molecule is CCNC(=NCc1cn2c(C)cccc2n1)NC(C)c1cc2ccccc2o1. The quantitative estimate of drug-likeness (QED) is 0.405. The molecule has 0 saturated heterocycles. The third-order valence-corrected chi connectivity index (χ3v) is 4.71. The van der Waals surface area contributed by atoms with Gasteiger partial charge in [0, 0.05) is 23.8 Å². The Morgan fingerprint density at radius 2 is 2.07 bits per heavy atom. The molecule has 0 fully saturated rings. The van der Waals surface area contributed by atoms with Gasteiger partial charge in [-0.3, -0.25) is 0 Å². The zero-order valence-electron chi connectivity index (χ0n) is 16.4. The number of pyridine rings is 1. The van der Waals surface area contributed by atoms with Gasteiger partial charge in [0.1, 0.15) is 17.0 Å². The Bertz CT molecular complexity index is 1090. The van der Waals surface area contributed by atoms with Crippen LogP contribution in [0.25, 0.3) is 16.6 Å². The van der Waals surface area contributed by atoms with E-state index in [4.69, 9.17) is 9.41 Å². The van der Waals surface area contributed by atoms with Gasteiger partial charge in [0.05, 0.1) is 18.3 Å². The molecule has 3 heterocycles. The topological polar surface area (TPSA) is 66.9 Å². The lowest BCUT2D eigenvalue weighted by Crippen LogP contribution is -2.38. The molecule has 0 aliphatic heterocycles. The monoisotopic (exact) mass is 375 g/mol. The van der Waals surface area contributed by atoms with Crippen LogP contribution < -0.4 is 10.6 Å². The van der Waals surface area contributed by atoms with Crippen LogP contribution in [0.2, 0.25) is 0 Å². The fourth-order valence-corrected chi connectivity index (χ4v) is 3.25. The number of guanidine groups is 1. The molecule has 144 valence electrons. The van der Waals surface area contributed by atoms with Crippen molar-refractivity contribution in [2.75, 3.05) is 6.54 Å². The van der Waals surface area contributed by atoms with Crippen molar-refractivity contribution < 1.29 is 4.42 Å². The first-order valence-electron chi connectivity index (χ1n) is 9.61. The van der Waals surface area contributed by atoms with Crippen LogP contribution in [0.3, 0.4) is 0 Å². The molecule has 1 unspecified atom stereocenters. The molecule has 4 rings (SSSR count). The highest BCUT2D eigenvalue weighted by atomic mass is 16.3. The Kier molecular flexibility index (Phi) is 5.02. The predicted molar refractivity (Wildman–Crippen MR) is 113 cm³/mol. The van der Waals surface area contributed by atoms with Gasteiger partial charge in [0.15, 0.2) is 5.96 Å². The fourth-order valence-electron chi connectivity index (χ4n) is 3.25. The Morgan fingerprint density at radius 1 is 1.21 bits per heavy atom. The number of nitrogens with one attached hydrogen (secondary N) is 2. The molecular weight excluding hydrogens is 350 g/mol. The van der Waals surface area contributed by atoms with Crippen molar-refractivity contribution in [1.82, 2.24) is 20.0 Å². The number of hydrogen-bond donors (Lipinski definition) is 2. The highest BCUT2D eigenvalue weighted by molar-refractivity contribution is 5.81. The fraction of sp³-hybridized carbons (Fsp3) is 0.273. The zero-order chi connectivity index (χ0) is 19.5. The number of furan rings is 1. The second-order valence-corrected chi connectivity index (χ2v) is 6.88. The lowest BCUT2D eigenvalue weighted by atomic mass is 10.2. The normalized spacial score (nSPS) is 13.2. The van der Waals surface area contributed by atoms with Crippen LogP contribution in [0.4, 0.5) is 0 Å². The molecule has 4 aromatic rings. The van der Waals surface area contributed by atoms with E-state index in [1.54, 1.807) is 0 Å². The summed E-state index contributed by atoms with van der Waals surface area (Å²) in [5.74, 6) is 1.62. The minimum Gasteiger partial charge on any atom is -0.459 e. The van der Waals surface area contributed by atoms with Crippen LogP contribution in [0, 0.1) is 6.92 Å². The van der Waals surface area contributed by atoms with E-state index in [2.05, 4.69) is 59.0 Å². The number of rotatable bonds is 5. The summed E-state index contributed by atoms with van der Waals surface area (Å²) in [6, 6.07) is 16.2. The molecule has 6 nitrogen and oxygen atoms in total. The molecule has 0 radical (unpaired) electrons. The molecule has 2 N–H and O–H groups in total. The molecule has 1 atom stereocenters. The molecular formula is C22H25N5O. The largest absolute Gasteiger partial charge is 0.459 e. The van der Waals surface area contributed by atoms with E-state index in [1.807, 2.05) is 36.5 Å². The predicted octanol–water partition coefficient (Wildman–Crippen LogP) is 4.21. The lowest BCUT2D eigenvalue weighted by Gasteiger charge is -2.15. The van der Waals surface area contributed by atoms with E-state index in [0.717, 1.165) is 46.3 Å². The summed E-state index contributed by atoms with van der Waals surface area (Å²) in [5, 5.41) is 7.82. The Labute approximate surface area is 164 Å². The van der Waals surface area contributed by atoms with Crippen LogP contribution in [-0.2, 0) is 6.54 Å². The maximum absolute atomic E-state index is 5.96. The summed E-state index contributed by atoms with van der Waals surface area (Å²) in [6.07, 6.45) is 2.04. The molecule has 0 saturated carbocycles. The number of aromatic nitrogens is 2. The molecule has 0 aliphatic carbocycles. The molecule has 0 bridgehead atoms. The molecule has 0 spiro atoms. The van der Waals surface area contributed by atoms with Gasteiger partial charge in [-0.2, -0.15) is 0 Å². The van der Waals surface area contributed by atoms with Gasteiger partial charge < -0.3 is 19.5 Å². The molecule has 6 heteroatoms. The van der Waals surface area contributed by atoms with Crippen molar-refractivity contribution in [2.24, 2.45) is 4.99 Å². The van der Waals surface area contributed by atoms with Gasteiger partial charge in [-0.15, -0.1) is 0 Å². The number of aryl methyl sites for hydroxylation is 1. The number of para-hydroxylation sites is 1. The highest BCUT2D eigenvalue weighted by Gasteiger charge is 2.13. The summed E-state index contributed by atoms with van der Waals surface area (Å²) >= 11 is 0. The van der Waals surface area contributed by atoms with Gasteiger partial charge in [0.25, 0.3) is 0 Å². The van der Waals surface area contributed by atoms with Gasteiger partial charge in [-0.25, -0.2) is 9.98 Å². The third kappa shape index (κ3) is 3.71. The second kappa shape index (κ2) is 7.76. The van der Waals surface area contributed by atoms with Gasteiger partial charge in [-0.1, -0.05) is 24.3 Å². The number of imidazole rings is 1. The van der Waals surface area contributed by atoms with E-state index in [0.29, 0.717) is 6.54 Å². The second-order valence-electron chi connectivity index (χ2n) is 6.88. The van der Waals surface area contributed by atoms with E-state index in [9.17, 15) is 0 Å². The minimum atomic E-state index is -0.00601. The number of hydrogen-bond acceptors (Lipinski definition) is 3. The van der Waals surface area contributed by atoms with Crippen molar-refractivity contribution in [3.8, 4) is 0 Å². The summed E-state index contributed by atoms with van der Waals surface area (Å²) in [7, 11) is 0. The van der Waals surface area contributed by atoms with Crippen molar-refractivity contribution in [3.05, 3.63) is 71.9 Å². The smallest absolute Gasteiger partial charge is 0.192 e. The maximum Gasteiger partial charge on any atom is 0.192 e. The number of benzene rings is 1. The Morgan fingerprint density at radius 3 is 2.86 bits per heavy atom. The molecule has 3 aromatic heterocycles. The molecule has 1 aromatic carbocycles. The van der Waals surface area contributed by atoms with E-state index < -0.39 is 0 Å². The maximum atomic E-state index is 5.96. The average Bonchev–Trinajstić information content (AvgIpc) is 3.31. The summed E-state index contributed by atoms with van der Waals surface area (Å²) in [5.41, 5.74) is 3.93. The van der Waals surface area contributed by atoms with Crippen LogP contribution >= 0.6 is 0 Å². The Balaban J connectivity index is 1.51. The van der Waals surface area contributed by atoms with Crippen LogP contribution in [-0.4, -0.2) is 21.9 Å². The highest BCUT2D eigenvalue weighted by Crippen LogP contribution is 2.23.